The SMILES string of the molecule is CCN1CCC(c2ccccc2)C2=C1N(CC)C1=C(C2c2ccccc2)C(c2ccccc2)C2=C(N(CC)C3=C(C(c4ccccc4)CCN3CC)C2c2ccccc2)N1CC. The summed E-state index contributed by atoms with van der Waals surface area (Å²) in [6, 6.07) is 57.8. The van der Waals surface area contributed by atoms with Crippen LogP contribution in [0.3, 0.4) is 0 Å². The molecule has 0 fully saturated rings. The smallest absolute Gasteiger partial charge is 0.116 e. The Hall–Kier alpha value is -5.94. The Balaban J connectivity index is 1.33. The van der Waals surface area contributed by atoms with Crippen LogP contribution in [0.2, 0.25) is 0 Å². The van der Waals surface area contributed by atoms with Gasteiger partial charge in [-0.25, -0.2) is 0 Å². The van der Waals surface area contributed by atoms with E-state index in [1.807, 2.05) is 0 Å². The van der Waals surface area contributed by atoms with Gasteiger partial charge in [-0.1, -0.05) is 152 Å². The number of allylic oxidation sites excluding steroid dienone is 4. The monoisotopic (exact) mass is 818 g/mol. The van der Waals surface area contributed by atoms with Crippen LogP contribution in [0.1, 0.15) is 105 Å². The molecule has 0 saturated carbocycles. The van der Waals surface area contributed by atoms with Gasteiger partial charge in [-0.05, 0) is 97.6 Å². The summed E-state index contributed by atoms with van der Waals surface area (Å²) >= 11 is 0. The van der Waals surface area contributed by atoms with Crippen LogP contribution in [-0.2, 0) is 0 Å². The summed E-state index contributed by atoms with van der Waals surface area (Å²) in [6.45, 7) is 18.6. The third-order valence-corrected chi connectivity index (χ3v) is 14.7. The van der Waals surface area contributed by atoms with E-state index in [4.69, 9.17) is 0 Å². The van der Waals surface area contributed by atoms with Crippen molar-refractivity contribution < 1.29 is 0 Å². The molecule has 0 aliphatic carbocycles. The largest absolute Gasteiger partial charge is 0.358 e. The van der Waals surface area contributed by atoms with Crippen LogP contribution < -0.4 is 0 Å². The van der Waals surface area contributed by atoms with Crippen molar-refractivity contribution in [2.45, 2.75) is 77.0 Å². The van der Waals surface area contributed by atoms with Crippen LogP contribution in [0.15, 0.2) is 197 Å². The predicted molar refractivity (Wildman–Crippen MR) is 255 cm³/mol. The summed E-state index contributed by atoms with van der Waals surface area (Å²) in [5, 5.41) is 0. The first-order valence-electron chi connectivity index (χ1n) is 23.7. The summed E-state index contributed by atoms with van der Waals surface area (Å²) in [7, 11) is 0. The molecular weight excluding hydrogens is 755 g/mol. The first-order valence-corrected chi connectivity index (χ1v) is 23.7. The maximum Gasteiger partial charge on any atom is 0.116 e. The molecule has 5 aliphatic heterocycles. The van der Waals surface area contributed by atoms with Crippen LogP contribution in [0.5, 0.6) is 0 Å². The van der Waals surface area contributed by atoms with E-state index < -0.39 is 0 Å². The van der Waals surface area contributed by atoms with E-state index in [0.717, 1.165) is 58.7 Å². The van der Waals surface area contributed by atoms with Gasteiger partial charge in [0.15, 0.2) is 0 Å². The van der Waals surface area contributed by atoms with Crippen LogP contribution in [0, 0.1) is 0 Å². The van der Waals surface area contributed by atoms with E-state index >= 15 is 0 Å². The van der Waals surface area contributed by atoms with Crippen molar-refractivity contribution >= 4 is 0 Å². The molecule has 0 bridgehead atoms. The molecule has 4 atom stereocenters. The highest BCUT2D eigenvalue weighted by Gasteiger charge is 2.55. The quantitative estimate of drug-likeness (QED) is 0.139. The summed E-state index contributed by atoms with van der Waals surface area (Å²) < 4.78 is 0. The molecule has 5 nitrogen and oxygen atoms in total. The van der Waals surface area contributed by atoms with Crippen molar-refractivity contribution in [2.75, 3.05) is 45.8 Å². The van der Waals surface area contributed by atoms with Gasteiger partial charge in [-0.15, -0.1) is 0 Å². The number of nitrogens with zero attached hydrogens (tertiary/aromatic N) is 5. The lowest BCUT2D eigenvalue weighted by molar-refractivity contribution is 0.125. The van der Waals surface area contributed by atoms with Crippen molar-refractivity contribution in [1.29, 1.82) is 0 Å². The molecule has 0 spiro atoms. The zero-order valence-electron chi connectivity index (χ0n) is 37.4. The lowest BCUT2D eigenvalue weighted by Crippen LogP contribution is -2.55. The number of rotatable bonds is 10. The van der Waals surface area contributed by atoms with Gasteiger partial charge in [0.25, 0.3) is 0 Å². The Morgan fingerprint density at radius 1 is 0.323 bits per heavy atom. The standard InChI is InChI=1S/C57H63N5/c1-6-58-38-36-45(40-26-16-11-17-27-40)50-47(42-30-20-13-21-31-42)52-49(44-34-24-15-25-35-44)53-48(43-32-22-14-23-33-43)51-46(41-28-18-12-19-29-41)37-39-59(7-2)55(51)61(9-4)57(53)62(10-5)56(52)60(8-3)54(50)58/h11-35,45-49H,6-10,36-39H2,1-5H3. The molecule has 0 aromatic heterocycles. The molecular formula is C57H63N5. The minimum Gasteiger partial charge on any atom is -0.358 e. The van der Waals surface area contributed by atoms with Crippen LogP contribution in [0.4, 0.5) is 0 Å². The third kappa shape index (κ3) is 6.41. The molecule has 4 unspecified atom stereocenters. The van der Waals surface area contributed by atoms with Crippen molar-refractivity contribution in [2.24, 2.45) is 0 Å². The van der Waals surface area contributed by atoms with E-state index in [2.05, 4.69) is 211 Å². The number of hydrogen-bond acceptors (Lipinski definition) is 5. The Morgan fingerprint density at radius 2 is 0.597 bits per heavy atom. The number of benzene rings is 5. The molecule has 5 heteroatoms. The zero-order chi connectivity index (χ0) is 42.3. The first-order chi connectivity index (χ1) is 30.6. The highest BCUT2D eigenvalue weighted by atomic mass is 15.5. The minimum absolute atomic E-state index is 0.0208. The summed E-state index contributed by atoms with van der Waals surface area (Å²) in [5.41, 5.74) is 13.2. The molecule has 5 aromatic carbocycles. The fraction of sp³-hybridized carbons (Fsp3) is 0.333. The Kier molecular flexibility index (Phi) is 11.1. The second-order valence-electron chi connectivity index (χ2n) is 17.5. The highest BCUT2D eigenvalue weighted by molar-refractivity contribution is 5.64. The summed E-state index contributed by atoms with van der Waals surface area (Å²) in [5.74, 6) is 6.36. The second kappa shape index (κ2) is 17.1. The molecule has 316 valence electrons. The normalized spacial score (nSPS) is 23.7. The topological polar surface area (TPSA) is 16.2 Å². The van der Waals surface area contributed by atoms with Crippen LogP contribution in [0.25, 0.3) is 0 Å². The maximum atomic E-state index is 2.79. The van der Waals surface area contributed by atoms with Crippen molar-refractivity contribution in [3.8, 4) is 0 Å². The van der Waals surface area contributed by atoms with E-state index in [-0.39, 0.29) is 17.8 Å². The van der Waals surface area contributed by atoms with Crippen molar-refractivity contribution in [3.05, 3.63) is 225 Å². The van der Waals surface area contributed by atoms with Gasteiger partial charge in [0, 0.05) is 75.4 Å². The maximum absolute atomic E-state index is 2.79. The molecule has 0 N–H and O–H groups in total. The van der Waals surface area contributed by atoms with Gasteiger partial charge in [-0.2, -0.15) is 0 Å². The second-order valence-corrected chi connectivity index (χ2v) is 17.5. The average molecular weight is 818 g/mol. The lowest BCUT2D eigenvalue weighted by Gasteiger charge is -2.59. The Morgan fingerprint density at radius 3 is 0.887 bits per heavy atom. The van der Waals surface area contributed by atoms with Crippen LogP contribution in [-0.4, -0.2) is 70.3 Å². The Labute approximate surface area is 371 Å². The van der Waals surface area contributed by atoms with Crippen molar-refractivity contribution in [3.63, 3.8) is 0 Å². The third-order valence-electron chi connectivity index (χ3n) is 14.7. The minimum atomic E-state index is 0.0208. The van der Waals surface area contributed by atoms with Gasteiger partial charge in [0.05, 0.1) is 0 Å². The summed E-state index contributed by atoms with van der Waals surface area (Å²) in [6.07, 6.45) is 2.19. The van der Waals surface area contributed by atoms with Gasteiger partial charge in [-0.3, -0.25) is 0 Å². The molecule has 0 radical (unpaired) electrons. The lowest BCUT2D eigenvalue weighted by atomic mass is 9.61. The van der Waals surface area contributed by atoms with E-state index in [1.54, 1.807) is 11.1 Å². The number of hydrogen-bond donors (Lipinski definition) is 0. The molecule has 5 aromatic rings. The highest BCUT2D eigenvalue weighted by Crippen LogP contribution is 2.64. The molecule has 5 aliphatic rings. The molecule has 10 rings (SSSR count). The van der Waals surface area contributed by atoms with E-state index in [1.165, 1.54) is 62.2 Å². The predicted octanol–water partition coefficient (Wildman–Crippen LogP) is 12.2. The molecule has 62 heavy (non-hydrogen) atoms. The molecule has 5 heterocycles. The van der Waals surface area contributed by atoms with Gasteiger partial charge < -0.3 is 24.5 Å². The zero-order valence-corrected chi connectivity index (χ0v) is 37.4. The fourth-order valence-electron chi connectivity index (χ4n) is 12.2. The van der Waals surface area contributed by atoms with Gasteiger partial charge in [0.2, 0.25) is 0 Å². The van der Waals surface area contributed by atoms with Gasteiger partial charge in [0.1, 0.15) is 23.3 Å². The van der Waals surface area contributed by atoms with Crippen LogP contribution >= 0.6 is 0 Å². The van der Waals surface area contributed by atoms with E-state index in [0.29, 0.717) is 11.8 Å². The molecule has 0 saturated heterocycles. The van der Waals surface area contributed by atoms with Gasteiger partial charge >= 0.3 is 0 Å². The Bertz CT molecular complexity index is 2330. The fourth-order valence-corrected chi connectivity index (χ4v) is 12.2. The van der Waals surface area contributed by atoms with Crippen molar-refractivity contribution in [1.82, 2.24) is 24.5 Å². The summed E-state index contributed by atoms with van der Waals surface area (Å²) in [4.78, 5) is 13.8. The first kappa shape index (κ1) is 40.2. The average Bonchev–Trinajstić information content (AvgIpc) is 3.34. The molecule has 0 amide bonds. The van der Waals surface area contributed by atoms with E-state index in [9.17, 15) is 0 Å².